The molecular formula is C44H28B2O5. The molecule has 0 aliphatic rings. The van der Waals surface area contributed by atoms with Crippen molar-refractivity contribution < 1.29 is 24.8 Å². The van der Waals surface area contributed by atoms with Gasteiger partial charge < -0.3 is 24.8 Å². The van der Waals surface area contributed by atoms with Gasteiger partial charge in [-0.25, -0.2) is 0 Å². The lowest BCUT2D eigenvalue weighted by Gasteiger charge is -2.22. The summed E-state index contributed by atoms with van der Waals surface area (Å²) >= 11 is 0. The molecule has 0 spiro atoms. The van der Waals surface area contributed by atoms with E-state index in [9.17, 15) is 20.4 Å². The van der Waals surface area contributed by atoms with Crippen molar-refractivity contribution in [3.63, 3.8) is 0 Å². The summed E-state index contributed by atoms with van der Waals surface area (Å²) in [6.07, 6.45) is 3.65. The van der Waals surface area contributed by atoms with Gasteiger partial charge in [0.2, 0.25) is 11.5 Å². The number of benzene rings is 7. The number of furan rings is 1. The van der Waals surface area contributed by atoms with E-state index in [1.54, 1.807) is 6.07 Å². The maximum atomic E-state index is 11.1. The standard InChI is InChI=1S/C44H28B2O5/c1-3-28-29(4-2)38(31-10-6-5-9-30(31)36(28)25-15-13-23(14-16-25)24-17-19-27(45)20-18-24)33-21-26(37-40(46)42(48)44(50)43(49)41(37)47)22-35-39(33)32-11-7-8-12-34(32)51-35/h3-22,47-50H,1-2H2. The van der Waals surface area contributed by atoms with Crippen LogP contribution < -0.4 is 10.9 Å². The number of fused-ring (bicyclic) bond motifs is 4. The molecule has 8 rings (SSSR count). The average Bonchev–Trinajstić information content (AvgIpc) is 3.54. The Morgan fingerprint density at radius 3 is 1.67 bits per heavy atom. The highest BCUT2D eigenvalue weighted by molar-refractivity contribution is 6.39. The third kappa shape index (κ3) is 4.89. The van der Waals surface area contributed by atoms with Gasteiger partial charge in [0, 0.05) is 16.3 Å². The van der Waals surface area contributed by atoms with Crippen LogP contribution in [0.1, 0.15) is 11.1 Å². The fourth-order valence-electron chi connectivity index (χ4n) is 7.21. The molecule has 8 aromatic rings. The average molecular weight is 658 g/mol. The highest BCUT2D eigenvalue weighted by atomic mass is 16.3. The van der Waals surface area contributed by atoms with Gasteiger partial charge in [0.05, 0.1) is 0 Å². The highest BCUT2D eigenvalue weighted by Gasteiger charge is 2.26. The second kappa shape index (κ2) is 12.1. The Labute approximate surface area is 296 Å². The molecule has 0 bridgehead atoms. The Bertz CT molecular complexity index is 2700. The van der Waals surface area contributed by atoms with Crippen LogP contribution in [0.2, 0.25) is 0 Å². The van der Waals surface area contributed by atoms with E-state index >= 15 is 0 Å². The lowest BCUT2D eigenvalue weighted by Crippen LogP contribution is -2.08. The Kier molecular flexibility index (Phi) is 7.50. The minimum Gasteiger partial charge on any atom is -0.505 e. The smallest absolute Gasteiger partial charge is 0.204 e. The summed E-state index contributed by atoms with van der Waals surface area (Å²) in [6.45, 7) is 8.52. The van der Waals surface area contributed by atoms with Crippen molar-refractivity contribution in [2.45, 2.75) is 0 Å². The van der Waals surface area contributed by atoms with E-state index in [4.69, 9.17) is 20.1 Å². The molecule has 5 nitrogen and oxygen atoms in total. The molecule has 0 fully saturated rings. The summed E-state index contributed by atoms with van der Waals surface area (Å²) < 4.78 is 6.38. The van der Waals surface area contributed by atoms with Crippen LogP contribution in [0.3, 0.4) is 0 Å². The van der Waals surface area contributed by atoms with Gasteiger partial charge in [0.1, 0.15) is 26.9 Å². The van der Waals surface area contributed by atoms with Gasteiger partial charge in [-0.15, -0.1) is 0 Å². The minimum atomic E-state index is -0.911. The maximum Gasteiger partial charge on any atom is 0.204 e. The Balaban J connectivity index is 1.46. The topological polar surface area (TPSA) is 94.1 Å². The summed E-state index contributed by atoms with van der Waals surface area (Å²) in [5.41, 5.74) is 9.18. The second-order valence-electron chi connectivity index (χ2n) is 12.4. The molecule has 0 atom stereocenters. The Hall–Kier alpha value is -6.59. The summed E-state index contributed by atoms with van der Waals surface area (Å²) in [7, 11) is 12.2. The van der Waals surface area contributed by atoms with E-state index in [0.717, 1.165) is 66.1 Å². The molecule has 0 saturated heterocycles. The Morgan fingerprint density at radius 1 is 0.490 bits per heavy atom. The molecule has 1 aromatic heterocycles. The molecule has 0 aliphatic heterocycles. The summed E-state index contributed by atoms with van der Waals surface area (Å²) in [5.74, 6) is -3.22. The maximum absolute atomic E-state index is 11.1. The molecule has 0 amide bonds. The van der Waals surface area contributed by atoms with E-state index in [-0.39, 0.29) is 11.0 Å². The van der Waals surface area contributed by atoms with Crippen LogP contribution in [0.4, 0.5) is 0 Å². The minimum absolute atomic E-state index is 0.0578. The summed E-state index contributed by atoms with van der Waals surface area (Å²) in [4.78, 5) is 0. The Morgan fingerprint density at radius 2 is 1.02 bits per heavy atom. The number of phenols is 4. The van der Waals surface area contributed by atoms with Gasteiger partial charge in [0.25, 0.3) is 0 Å². The van der Waals surface area contributed by atoms with Crippen molar-refractivity contribution in [2.24, 2.45) is 0 Å². The first-order valence-corrected chi connectivity index (χ1v) is 16.2. The van der Waals surface area contributed by atoms with Crippen molar-refractivity contribution in [1.82, 2.24) is 0 Å². The van der Waals surface area contributed by atoms with Crippen molar-refractivity contribution in [3.8, 4) is 67.5 Å². The molecule has 1 heterocycles. The molecule has 51 heavy (non-hydrogen) atoms. The van der Waals surface area contributed by atoms with Crippen molar-refractivity contribution in [1.29, 1.82) is 0 Å². The summed E-state index contributed by atoms with van der Waals surface area (Å²) in [5, 5.41) is 46.0. The zero-order chi connectivity index (χ0) is 35.6. The third-order valence-corrected chi connectivity index (χ3v) is 9.59. The van der Waals surface area contributed by atoms with Gasteiger partial charge in [-0.3, -0.25) is 0 Å². The van der Waals surface area contributed by atoms with Gasteiger partial charge >= 0.3 is 0 Å². The first kappa shape index (κ1) is 31.7. The van der Waals surface area contributed by atoms with Gasteiger partial charge in [-0.1, -0.05) is 122 Å². The SMILES string of the molecule is [B]c1ccc(-c2ccc(-c3c(C=C)c(C=C)c(-c4cc(-c5c([B])c(O)c(O)c(O)c5O)cc5oc6ccccc6c45)c4ccccc34)cc2)cc1. The monoisotopic (exact) mass is 658 g/mol. The molecule has 0 aliphatic carbocycles. The van der Waals surface area contributed by atoms with Crippen LogP contribution in [0.25, 0.3) is 89.4 Å². The van der Waals surface area contributed by atoms with E-state index in [2.05, 4.69) is 49.6 Å². The van der Waals surface area contributed by atoms with Crippen molar-refractivity contribution in [3.05, 3.63) is 133 Å². The molecule has 0 saturated carbocycles. The van der Waals surface area contributed by atoms with Gasteiger partial charge in [-0.2, -0.15) is 0 Å². The predicted molar refractivity (Wildman–Crippen MR) is 211 cm³/mol. The zero-order valence-electron chi connectivity index (χ0n) is 27.3. The van der Waals surface area contributed by atoms with Crippen LogP contribution in [0, 0.1) is 0 Å². The van der Waals surface area contributed by atoms with E-state index < -0.39 is 23.0 Å². The van der Waals surface area contributed by atoms with E-state index in [1.165, 1.54) is 0 Å². The largest absolute Gasteiger partial charge is 0.505 e. The highest BCUT2D eigenvalue weighted by Crippen LogP contribution is 2.51. The zero-order valence-corrected chi connectivity index (χ0v) is 27.3. The van der Waals surface area contributed by atoms with Crippen LogP contribution in [0.15, 0.2) is 127 Å². The molecule has 7 aromatic carbocycles. The second-order valence-corrected chi connectivity index (χ2v) is 12.4. The molecule has 7 heteroatoms. The predicted octanol–water partition coefficient (Wildman–Crippen LogP) is 9.10. The lowest BCUT2D eigenvalue weighted by atomic mass is 9.80. The number of aromatic hydroxyl groups is 4. The lowest BCUT2D eigenvalue weighted by molar-refractivity contribution is 0.348. The fourth-order valence-corrected chi connectivity index (χ4v) is 7.21. The first-order chi connectivity index (χ1) is 24.7. The number of phenolic OH excluding ortho intramolecular Hbond substituents is 4. The number of hydrogen-bond acceptors (Lipinski definition) is 5. The molecule has 0 unspecified atom stereocenters. The van der Waals surface area contributed by atoms with Crippen molar-refractivity contribution >= 4 is 71.5 Å². The number of hydrogen-bond donors (Lipinski definition) is 4. The van der Waals surface area contributed by atoms with Crippen molar-refractivity contribution in [2.75, 3.05) is 0 Å². The molecule has 4 N–H and O–H groups in total. The van der Waals surface area contributed by atoms with Crippen LogP contribution in [-0.4, -0.2) is 36.1 Å². The molecule has 240 valence electrons. The van der Waals surface area contributed by atoms with Crippen LogP contribution in [-0.2, 0) is 0 Å². The third-order valence-electron chi connectivity index (χ3n) is 9.59. The van der Waals surface area contributed by atoms with Gasteiger partial charge in [0.15, 0.2) is 11.5 Å². The van der Waals surface area contributed by atoms with E-state index in [1.807, 2.05) is 78.9 Å². The van der Waals surface area contributed by atoms with Crippen LogP contribution >= 0.6 is 0 Å². The number of rotatable bonds is 6. The first-order valence-electron chi connectivity index (χ1n) is 16.2. The molecular weight excluding hydrogens is 630 g/mol. The van der Waals surface area contributed by atoms with Gasteiger partial charge in [-0.05, 0) is 84.5 Å². The quantitative estimate of drug-likeness (QED) is 0.0813. The van der Waals surface area contributed by atoms with Crippen LogP contribution in [0.5, 0.6) is 23.0 Å². The normalized spacial score (nSPS) is 11.4. The summed E-state index contributed by atoms with van der Waals surface area (Å²) in [6, 6.07) is 35.5. The number of para-hydroxylation sites is 1. The fraction of sp³-hybridized carbons (Fsp3) is 0. The van der Waals surface area contributed by atoms with E-state index in [0.29, 0.717) is 22.2 Å². The molecule has 4 radical (unpaired) electrons.